The van der Waals surface area contributed by atoms with Crippen molar-refractivity contribution in [3.05, 3.63) is 64.9 Å². The second kappa shape index (κ2) is 7.10. The van der Waals surface area contributed by atoms with Crippen LogP contribution in [-0.2, 0) is 6.42 Å². The van der Waals surface area contributed by atoms with Crippen molar-refractivity contribution in [2.45, 2.75) is 46.6 Å². The molecule has 6 nitrogen and oxygen atoms in total. The molecule has 1 atom stereocenters. The minimum atomic E-state index is -0.179. The number of carbonyl (C=O) groups is 1. The first-order chi connectivity index (χ1) is 13.8. The minimum absolute atomic E-state index is 0.0311. The first-order valence-corrected chi connectivity index (χ1v) is 9.86. The number of amides is 1. The molecule has 0 fully saturated rings. The van der Waals surface area contributed by atoms with Crippen LogP contribution in [0.2, 0.25) is 0 Å². The second-order valence-electron chi connectivity index (χ2n) is 8.60. The molecule has 0 saturated carbocycles. The number of fused-ring (bicyclic) bond motifs is 1. The van der Waals surface area contributed by atoms with Crippen molar-refractivity contribution in [3.63, 3.8) is 0 Å². The molecule has 0 saturated heterocycles. The predicted molar refractivity (Wildman–Crippen MR) is 111 cm³/mol. The lowest BCUT2D eigenvalue weighted by Gasteiger charge is -2.35. The molecule has 1 N–H and O–H groups in total. The summed E-state index contributed by atoms with van der Waals surface area (Å²) in [5, 5.41) is 7.82. The Morgan fingerprint density at radius 1 is 1.28 bits per heavy atom. The Balaban J connectivity index is 1.67. The number of nitrogens with zero attached hydrogens (tertiary/aromatic N) is 2. The van der Waals surface area contributed by atoms with E-state index in [1.807, 2.05) is 55.1 Å². The number of nitrogens with one attached hydrogen (secondary N) is 1. The lowest BCUT2D eigenvalue weighted by atomic mass is 9.74. The zero-order valence-electron chi connectivity index (χ0n) is 17.6. The molecule has 2 aromatic heterocycles. The van der Waals surface area contributed by atoms with Gasteiger partial charge >= 0.3 is 0 Å². The maximum absolute atomic E-state index is 12.9. The van der Waals surface area contributed by atoms with Gasteiger partial charge in [-0.3, -0.25) is 4.79 Å². The van der Waals surface area contributed by atoms with Crippen molar-refractivity contribution < 1.29 is 13.9 Å². The number of rotatable bonds is 4. The van der Waals surface area contributed by atoms with Crippen LogP contribution in [0.5, 0.6) is 5.75 Å². The summed E-state index contributed by atoms with van der Waals surface area (Å²) in [6, 6.07) is 9.62. The van der Waals surface area contributed by atoms with E-state index in [1.165, 1.54) is 0 Å². The van der Waals surface area contributed by atoms with E-state index in [1.54, 1.807) is 7.11 Å². The third kappa shape index (κ3) is 3.67. The monoisotopic (exact) mass is 393 g/mol. The molecular weight excluding hydrogens is 366 g/mol. The van der Waals surface area contributed by atoms with Crippen molar-refractivity contribution in [2.75, 3.05) is 7.11 Å². The SMILES string of the molecule is COc1ccc(-n2ncc3c2CC(C)(C)C[C@@H]3NC(=O)c2oc(C)cc2C)cc1. The van der Waals surface area contributed by atoms with Gasteiger partial charge in [0.2, 0.25) is 0 Å². The van der Waals surface area contributed by atoms with Crippen LogP contribution >= 0.6 is 0 Å². The number of furan rings is 1. The summed E-state index contributed by atoms with van der Waals surface area (Å²) in [4.78, 5) is 12.9. The van der Waals surface area contributed by atoms with Crippen molar-refractivity contribution >= 4 is 5.91 Å². The van der Waals surface area contributed by atoms with Crippen LogP contribution in [0.3, 0.4) is 0 Å². The van der Waals surface area contributed by atoms with Crippen molar-refractivity contribution in [3.8, 4) is 11.4 Å². The van der Waals surface area contributed by atoms with Gasteiger partial charge in [0, 0.05) is 11.1 Å². The number of methoxy groups -OCH3 is 1. The Morgan fingerprint density at radius 3 is 2.62 bits per heavy atom. The third-order valence-electron chi connectivity index (χ3n) is 5.55. The van der Waals surface area contributed by atoms with Crippen LogP contribution in [0.1, 0.15) is 59.4 Å². The Hall–Kier alpha value is -3.02. The molecule has 2 heterocycles. The number of benzene rings is 1. The number of hydrogen-bond donors (Lipinski definition) is 1. The molecule has 0 radical (unpaired) electrons. The summed E-state index contributed by atoms with van der Waals surface area (Å²) >= 11 is 0. The molecule has 4 rings (SSSR count). The van der Waals surface area contributed by atoms with Crippen molar-refractivity contribution in [1.82, 2.24) is 15.1 Å². The van der Waals surface area contributed by atoms with E-state index in [9.17, 15) is 4.79 Å². The smallest absolute Gasteiger partial charge is 0.287 e. The highest BCUT2D eigenvalue weighted by atomic mass is 16.5. The zero-order valence-corrected chi connectivity index (χ0v) is 17.6. The molecule has 3 aromatic rings. The highest BCUT2D eigenvalue weighted by Crippen LogP contribution is 2.41. The third-order valence-corrected chi connectivity index (χ3v) is 5.55. The number of ether oxygens (including phenoxy) is 1. The molecule has 152 valence electrons. The molecular formula is C23H27N3O3. The Kier molecular flexibility index (Phi) is 4.73. The van der Waals surface area contributed by atoms with Gasteiger partial charge in [0.05, 0.1) is 30.7 Å². The van der Waals surface area contributed by atoms with E-state index < -0.39 is 0 Å². The van der Waals surface area contributed by atoms with Gasteiger partial charge in [0.1, 0.15) is 11.5 Å². The number of aryl methyl sites for hydroxylation is 2. The molecule has 0 unspecified atom stereocenters. The average Bonchev–Trinajstić information content (AvgIpc) is 3.23. The van der Waals surface area contributed by atoms with E-state index in [4.69, 9.17) is 9.15 Å². The molecule has 29 heavy (non-hydrogen) atoms. The highest BCUT2D eigenvalue weighted by molar-refractivity contribution is 5.93. The fourth-order valence-electron chi connectivity index (χ4n) is 4.21. The number of aromatic nitrogens is 2. The van der Waals surface area contributed by atoms with E-state index >= 15 is 0 Å². The Morgan fingerprint density at radius 2 is 2.00 bits per heavy atom. The van der Waals surface area contributed by atoms with E-state index in [0.717, 1.165) is 46.9 Å². The fourth-order valence-corrected chi connectivity index (χ4v) is 4.21. The average molecular weight is 393 g/mol. The Bertz CT molecular complexity index is 1040. The van der Waals surface area contributed by atoms with Gasteiger partial charge in [-0.05, 0) is 62.4 Å². The first kappa shape index (κ1) is 19.3. The quantitative estimate of drug-likeness (QED) is 0.707. The van der Waals surface area contributed by atoms with Crippen LogP contribution in [0.4, 0.5) is 0 Å². The van der Waals surface area contributed by atoms with Gasteiger partial charge in [0.25, 0.3) is 5.91 Å². The molecule has 0 bridgehead atoms. The van der Waals surface area contributed by atoms with Gasteiger partial charge in [-0.15, -0.1) is 0 Å². The summed E-state index contributed by atoms with van der Waals surface area (Å²) in [6.45, 7) is 8.19. The van der Waals surface area contributed by atoms with Crippen molar-refractivity contribution in [1.29, 1.82) is 0 Å². The zero-order chi connectivity index (χ0) is 20.8. The van der Waals surface area contributed by atoms with Crippen LogP contribution < -0.4 is 10.1 Å². The van der Waals surface area contributed by atoms with E-state index in [0.29, 0.717) is 5.76 Å². The van der Waals surface area contributed by atoms with Crippen LogP contribution in [0, 0.1) is 19.3 Å². The molecule has 1 aliphatic rings. The van der Waals surface area contributed by atoms with Gasteiger partial charge in [-0.25, -0.2) is 4.68 Å². The summed E-state index contributed by atoms with van der Waals surface area (Å²) in [5.74, 6) is 1.76. The minimum Gasteiger partial charge on any atom is -0.497 e. The van der Waals surface area contributed by atoms with Crippen LogP contribution in [0.25, 0.3) is 5.69 Å². The molecule has 1 aromatic carbocycles. The normalized spacial score (nSPS) is 17.6. The summed E-state index contributed by atoms with van der Waals surface area (Å²) < 4.78 is 12.8. The summed E-state index contributed by atoms with van der Waals surface area (Å²) in [6.07, 6.45) is 3.61. The fraction of sp³-hybridized carbons (Fsp3) is 0.391. The largest absolute Gasteiger partial charge is 0.497 e. The molecule has 1 amide bonds. The maximum atomic E-state index is 12.9. The Labute approximate surface area is 170 Å². The lowest BCUT2D eigenvalue weighted by Crippen LogP contribution is -2.36. The number of hydrogen-bond acceptors (Lipinski definition) is 4. The topological polar surface area (TPSA) is 69.3 Å². The van der Waals surface area contributed by atoms with E-state index in [2.05, 4.69) is 24.3 Å². The standard InChI is InChI=1S/C23H27N3O3/c1-14-10-15(2)29-21(14)22(27)25-19-11-23(3,4)12-20-18(19)13-24-26(20)16-6-8-17(28-5)9-7-16/h6-10,13,19H,11-12H2,1-5H3,(H,25,27)/t19-/m0/s1. The number of carbonyl (C=O) groups excluding carboxylic acids is 1. The van der Waals surface area contributed by atoms with Crippen LogP contribution in [-0.4, -0.2) is 22.8 Å². The maximum Gasteiger partial charge on any atom is 0.287 e. The van der Waals surface area contributed by atoms with Crippen LogP contribution in [0.15, 0.2) is 40.9 Å². The molecule has 6 heteroatoms. The first-order valence-electron chi connectivity index (χ1n) is 9.86. The second-order valence-corrected chi connectivity index (χ2v) is 8.60. The van der Waals surface area contributed by atoms with Gasteiger partial charge < -0.3 is 14.5 Å². The van der Waals surface area contributed by atoms with E-state index in [-0.39, 0.29) is 17.4 Å². The summed E-state index contributed by atoms with van der Waals surface area (Å²) in [5.41, 5.74) is 4.05. The van der Waals surface area contributed by atoms with Gasteiger partial charge in [0.15, 0.2) is 5.76 Å². The molecule has 0 aliphatic heterocycles. The van der Waals surface area contributed by atoms with Crippen molar-refractivity contribution in [2.24, 2.45) is 5.41 Å². The highest BCUT2D eigenvalue weighted by Gasteiger charge is 2.36. The molecule has 1 aliphatic carbocycles. The van der Waals surface area contributed by atoms with Gasteiger partial charge in [-0.1, -0.05) is 13.8 Å². The van der Waals surface area contributed by atoms with Gasteiger partial charge in [-0.2, -0.15) is 5.10 Å². The predicted octanol–water partition coefficient (Wildman–Crippen LogP) is 4.53. The summed E-state index contributed by atoms with van der Waals surface area (Å²) in [7, 11) is 1.66. The lowest BCUT2D eigenvalue weighted by molar-refractivity contribution is 0.0889. The molecule has 0 spiro atoms.